The van der Waals surface area contributed by atoms with Crippen LogP contribution in [0, 0.1) is 17.6 Å². The van der Waals surface area contributed by atoms with Crippen molar-refractivity contribution in [3.05, 3.63) is 29.3 Å². The topological polar surface area (TPSA) is 47.6 Å². The Hall–Kier alpha value is -1.69. The van der Waals surface area contributed by atoms with Gasteiger partial charge in [0.05, 0.1) is 6.61 Å². The molecule has 0 aliphatic heterocycles. The molecular formula is C16H23F2NO3. The van der Waals surface area contributed by atoms with E-state index >= 15 is 0 Å². The summed E-state index contributed by atoms with van der Waals surface area (Å²) in [5.41, 5.74) is 0.577. The molecule has 0 bridgehead atoms. The van der Waals surface area contributed by atoms with Gasteiger partial charge >= 0.3 is 0 Å². The Kier molecular flexibility index (Phi) is 7.80. The first-order chi connectivity index (χ1) is 10.5. The highest BCUT2D eigenvalue weighted by molar-refractivity contribution is 5.47. The van der Waals surface area contributed by atoms with Crippen LogP contribution >= 0.6 is 0 Å². The lowest BCUT2D eigenvalue weighted by molar-refractivity contribution is -0.110. The van der Waals surface area contributed by atoms with Crippen LogP contribution in [0.25, 0.3) is 0 Å². The van der Waals surface area contributed by atoms with Gasteiger partial charge in [-0.1, -0.05) is 13.8 Å². The second-order valence-electron chi connectivity index (χ2n) is 5.42. The highest BCUT2D eigenvalue weighted by Gasteiger charge is 2.17. The van der Waals surface area contributed by atoms with Crippen molar-refractivity contribution in [2.45, 2.75) is 32.7 Å². The monoisotopic (exact) mass is 315 g/mol. The zero-order chi connectivity index (χ0) is 16.5. The van der Waals surface area contributed by atoms with Gasteiger partial charge in [-0.3, -0.25) is 4.79 Å². The third-order valence-electron chi connectivity index (χ3n) is 3.35. The first-order valence-corrected chi connectivity index (χ1v) is 7.29. The summed E-state index contributed by atoms with van der Waals surface area (Å²) in [7, 11) is 1.56. The van der Waals surface area contributed by atoms with Gasteiger partial charge in [0.15, 0.2) is 11.6 Å². The Morgan fingerprint density at radius 3 is 2.59 bits per heavy atom. The Bertz CT molecular complexity index is 481. The molecule has 4 nitrogen and oxygen atoms in total. The van der Waals surface area contributed by atoms with Crippen LogP contribution in [0.5, 0.6) is 5.75 Å². The maximum atomic E-state index is 13.7. The number of amides is 1. The summed E-state index contributed by atoms with van der Waals surface area (Å²) >= 11 is 0. The molecule has 0 aromatic heterocycles. The normalized spacial score (nSPS) is 12.3. The van der Waals surface area contributed by atoms with Crippen molar-refractivity contribution in [2.75, 3.05) is 20.3 Å². The summed E-state index contributed by atoms with van der Waals surface area (Å²) in [6.07, 6.45) is 1.61. The molecule has 0 aliphatic carbocycles. The number of methoxy groups -OCH3 is 1. The van der Waals surface area contributed by atoms with Crippen LogP contribution in [-0.2, 0) is 16.0 Å². The van der Waals surface area contributed by atoms with E-state index in [2.05, 4.69) is 5.32 Å². The number of nitrogens with one attached hydrogen (secondary N) is 1. The predicted octanol–water partition coefficient (Wildman–Crippen LogP) is 2.69. The highest BCUT2D eigenvalue weighted by atomic mass is 19.2. The fourth-order valence-corrected chi connectivity index (χ4v) is 2.05. The molecule has 0 fully saturated rings. The van der Waals surface area contributed by atoms with E-state index in [4.69, 9.17) is 9.47 Å². The van der Waals surface area contributed by atoms with Gasteiger partial charge in [-0.25, -0.2) is 4.39 Å². The lowest BCUT2D eigenvalue weighted by Crippen LogP contribution is -2.34. The van der Waals surface area contributed by atoms with Gasteiger partial charge in [0.2, 0.25) is 12.2 Å². The molecule has 22 heavy (non-hydrogen) atoms. The Morgan fingerprint density at radius 1 is 1.27 bits per heavy atom. The van der Waals surface area contributed by atoms with Crippen molar-refractivity contribution in [1.29, 1.82) is 0 Å². The van der Waals surface area contributed by atoms with E-state index in [0.29, 0.717) is 31.4 Å². The van der Waals surface area contributed by atoms with Gasteiger partial charge in [0.1, 0.15) is 0 Å². The quantitative estimate of drug-likeness (QED) is 0.533. The zero-order valence-electron chi connectivity index (χ0n) is 13.2. The van der Waals surface area contributed by atoms with E-state index in [9.17, 15) is 13.6 Å². The molecule has 1 amide bonds. The van der Waals surface area contributed by atoms with E-state index in [-0.39, 0.29) is 24.3 Å². The third-order valence-corrected chi connectivity index (χ3v) is 3.35. The number of ether oxygens (including phenoxy) is 2. The second-order valence-corrected chi connectivity index (χ2v) is 5.42. The van der Waals surface area contributed by atoms with Gasteiger partial charge in [-0.15, -0.1) is 0 Å². The maximum absolute atomic E-state index is 13.7. The van der Waals surface area contributed by atoms with Crippen LogP contribution in [0.1, 0.15) is 25.8 Å². The molecule has 1 aromatic rings. The summed E-state index contributed by atoms with van der Waals surface area (Å²) in [4.78, 5) is 10.6. The highest BCUT2D eigenvalue weighted by Crippen LogP contribution is 2.24. The molecule has 0 saturated heterocycles. The predicted molar refractivity (Wildman–Crippen MR) is 79.9 cm³/mol. The minimum absolute atomic E-state index is 0.111. The van der Waals surface area contributed by atoms with Crippen molar-refractivity contribution < 1.29 is 23.0 Å². The maximum Gasteiger partial charge on any atom is 0.207 e. The zero-order valence-corrected chi connectivity index (χ0v) is 13.2. The average molecular weight is 315 g/mol. The van der Waals surface area contributed by atoms with Gasteiger partial charge in [-0.05, 0) is 30.0 Å². The summed E-state index contributed by atoms with van der Waals surface area (Å²) in [5.74, 6) is -1.89. The van der Waals surface area contributed by atoms with Crippen LogP contribution < -0.4 is 10.1 Å². The largest absolute Gasteiger partial charge is 0.490 e. The molecule has 1 N–H and O–H groups in total. The summed E-state index contributed by atoms with van der Waals surface area (Å²) in [6.45, 7) is 4.63. The molecular weight excluding hydrogens is 292 g/mol. The molecule has 1 unspecified atom stereocenters. The molecule has 0 spiro atoms. The number of rotatable bonds is 10. The van der Waals surface area contributed by atoms with Crippen LogP contribution in [-0.4, -0.2) is 32.8 Å². The average Bonchev–Trinajstić information content (AvgIpc) is 2.47. The number of benzene rings is 1. The van der Waals surface area contributed by atoms with Crippen molar-refractivity contribution >= 4 is 6.41 Å². The van der Waals surface area contributed by atoms with Gasteiger partial charge in [0, 0.05) is 26.2 Å². The first-order valence-electron chi connectivity index (χ1n) is 7.29. The fourth-order valence-electron chi connectivity index (χ4n) is 2.05. The number of carbonyl (C=O) groups excluding carboxylic acids is 1. The Labute approximate surface area is 129 Å². The van der Waals surface area contributed by atoms with Crippen LogP contribution in [0.3, 0.4) is 0 Å². The van der Waals surface area contributed by atoms with Crippen LogP contribution in [0.4, 0.5) is 8.78 Å². The van der Waals surface area contributed by atoms with E-state index < -0.39 is 11.6 Å². The van der Waals surface area contributed by atoms with E-state index in [1.165, 1.54) is 6.07 Å². The number of carbonyl (C=O) groups is 1. The standard InChI is InChI=1S/C16H23F2NO3/c1-11(2)14(19-10-20)8-12-7-13(17)16(18)15(9-12)22-6-4-5-21-3/h7,9-11,14H,4-6,8H2,1-3H3,(H,19,20). The molecule has 0 saturated carbocycles. The minimum Gasteiger partial charge on any atom is -0.490 e. The van der Waals surface area contributed by atoms with Crippen molar-refractivity contribution in [1.82, 2.24) is 5.32 Å². The van der Waals surface area contributed by atoms with Crippen molar-refractivity contribution in [3.63, 3.8) is 0 Å². The number of hydrogen-bond acceptors (Lipinski definition) is 3. The molecule has 0 heterocycles. The summed E-state index contributed by atoms with van der Waals surface area (Å²) in [5, 5.41) is 2.69. The third kappa shape index (κ3) is 5.60. The van der Waals surface area contributed by atoms with Crippen molar-refractivity contribution in [2.24, 2.45) is 5.92 Å². The molecule has 1 aromatic carbocycles. The van der Waals surface area contributed by atoms with Gasteiger partial charge in [0.25, 0.3) is 0 Å². The minimum atomic E-state index is -0.995. The fraction of sp³-hybridized carbons (Fsp3) is 0.562. The first kappa shape index (κ1) is 18.4. The van der Waals surface area contributed by atoms with E-state index in [1.807, 2.05) is 13.8 Å². The Morgan fingerprint density at radius 2 is 2.00 bits per heavy atom. The van der Waals surface area contributed by atoms with Crippen LogP contribution in [0.2, 0.25) is 0 Å². The molecule has 0 radical (unpaired) electrons. The molecule has 124 valence electrons. The molecule has 0 aliphatic rings. The van der Waals surface area contributed by atoms with E-state index in [0.717, 1.165) is 6.07 Å². The molecule has 1 atom stereocenters. The molecule has 6 heteroatoms. The smallest absolute Gasteiger partial charge is 0.207 e. The van der Waals surface area contributed by atoms with Gasteiger partial charge in [-0.2, -0.15) is 4.39 Å². The SMILES string of the molecule is COCCCOc1cc(CC(NC=O)C(C)C)cc(F)c1F. The lowest BCUT2D eigenvalue weighted by atomic mass is 9.96. The summed E-state index contributed by atoms with van der Waals surface area (Å²) < 4.78 is 37.6. The molecule has 1 rings (SSSR count). The second kappa shape index (κ2) is 9.35. The number of hydrogen-bond donors (Lipinski definition) is 1. The van der Waals surface area contributed by atoms with E-state index in [1.54, 1.807) is 7.11 Å². The van der Waals surface area contributed by atoms with Crippen molar-refractivity contribution in [3.8, 4) is 5.75 Å². The Balaban J connectivity index is 2.82. The van der Waals surface area contributed by atoms with Crippen LogP contribution in [0.15, 0.2) is 12.1 Å². The summed E-state index contributed by atoms with van der Waals surface area (Å²) in [6, 6.07) is 2.47. The lowest BCUT2D eigenvalue weighted by Gasteiger charge is -2.20. The number of halogens is 2. The van der Waals surface area contributed by atoms with Gasteiger partial charge < -0.3 is 14.8 Å².